The second kappa shape index (κ2) is 7.84. The van der Waals surface area contributed by atoms with Crippen LogP contribution in [0, 0.1) is 0 Å². The third kappa shape index (κ3) is 4.91. The lowest BCUT2D eigenvalue weighted by Gasteiger charge is -2.16. The first-order chi connectivity index (χ1) is 10.2. The molecule has 0 aliphatic heterocycles. The van der Waals surface area contributed by atoms with Crippen LogP contribution >= 0.6 is 0 Å². The van der Waals surface area contributed by atoms with Crippen molar-refractivity contribution in [2.75, 3.05) is 13.2 Å². The monoisotopic (exact) mass is 283 g/mol. The van der Waals surface area contributed by atoms with Gasteiger partial charge in [0.2, 0.25) is 0 Å². The van der Waals surface area contributed by atoms with Crippen LogP contribution in [0.5, 0.6) is 5.75 Å². The molecule has 0 aromatic heterocycles. The Morgan fingerprint density at radius 2 is 1.48 bits per heavy atom. The predicted molar refractivity (Wildman–Crippen MR) is 88.9 cm³/mol. The normalized spacial score (nSPS) is 12.4. The molecule has 1 unspecified atom stereocenters. The Kier molecular flexibility index (Phi) is 5.82. The Morgan fingerprint density at radius 3 is 2.10 bits per heavy atom. The van der Waals surface area contributed by atoms with Gasteiger partial charge >= 0.3 is 0 Å². The van der Waals surface area contributed by atoms with Gasteiger partial charge in [-0.1, -0.05) is 56.3 Å². The van der Waals surface area contributed by atoms with Crippen LogP contribution in [0.3, 0.4) is 0 Å². The molecule has 0 aliphatic rings. The molecule has 2 nitrogen and oxygen atoms in total. The van der Waals surface area contributed by atoms with E-state index in [4.69, 9.17) is 4.74 Å². The lowest BCUT2D eigenvalue weighted by atomic mass is 10.00. The number of hydrogen-bond acceptors (Lipinski definition) is 2. The lowest BCUT2D eigenvalue weighted by molar-refractivity contribution is 0.307. The zero-order valence-electron chi connectivity index (χ0n) is 13.2. The van der Waals surface area contributed by atoms with Crippen LogP contribution in [0.15, 0.2) is 54.6 Å². The summed E-state index contributed by atoms with van der Waals surface area (Å²) in [7, 11) is 0. The summed E-state index contributed by atoms with van der Waals surface area (Å²) in [6.45, 7) is 8.14. The molecule has 112 valence electrons. The molecule has 2 heteroatoms. The summed E-state index contributed by atoms with van der Waals surface area (Å²) < 4.78 is 5.68. The fraction of sp³-hybridized carbons (Fsp3) is 0.368. The molecule has 0 saturated carbocycles. The fourth-order valence-corrected chi connectivity index (χ4v) is 2.25. The van der Waals surface area contributed by atoms with Gasteiger partial charge in [0.05, 0.1) is 0 Å². The Hall–Kier alpha value is -1.80. The van der Waals surface area contributed by atoms with Crippen molar-refractivity contribution in [3.05, 3.63) is 65.7 Å². The first-order valence-electron chi connectivity index (χ1n) is 7.68. The number of para-hydroxylation sites is 1. The maximum atomic E-state index is 5.68. The molecular weight excluding hydrogens is 258 g/mol. The van der Waals surface area contributed by atoms with Crippen LogP contribution in [-0.2, 0) is 0 Å². The highest BCUT2D eigenvalue weighted by molar-refractivity contribution is 5.26. The van der Waals surface area contributed by atoms with Gasteiger partial charge in [-0.2, -0.15) is 0 Å². The van der Waals surface area contributed by atoms with E-state index in [2.05, 4.69) is 50.4 Å². The summed E-state index contributed by atoms with van der Waals surface area (Å²) in [5.74, 6) is 1.51. The Balaban J connectivity index is 1.75. The van der Waals surface area contributed by atoms with E-state index in [1.807, 2.05) is 30.3 Å². The Bertz CT molecular complexity index is 519. The minimum atomic E-state index is 0.339. The lowest BCUT2D eigenvalue weighted by Crippen LogP contribution is -2.24. The van der Waals surface area contributed by atoms with Crippen molar-refractivity contribution in [2.24, 2.45) is 0 Å². The van der Waals surface area contributed by atoms with Crippen molar-refractivity contribution < 1.29 is 4.74 Å². The predicted octanol–water partition coefficient (Wildman–Crippen LogP) is 4.54. The standard InChI is InChI=1S/C19H25NO/c1-15(2)17-9-11-18(12-10-17)16(3)20-13-14-21-19-7-5-4-6-8-19/h4-12,15-16,20H,13-14H2,1-3H3. The maximum absolute atomic E-state index is 5.68. The highest BCUT2D eigenvalue weighted by Gasteiger charge is 2.05. The van der Waals surface area contributed by atoms with E-state index in [1.54, 1.807) is 0 Å². The third-order valence-corrected chi connectivity index (χ3v) is 3.67. The minimum absolute atomic E-state index is 0.339. The van der Waals surface area contributed by atoms with Crippen LogP contribution < -0.4 is 10.1 Å². The van der Waals surface area contributed by atoms with Crippen molar-refractivity contribution in [3.63, 3.8) is 0 Å². The second-order valence-electron chi connectivity index (χ2n) is 5.66. The fourth-order valence-electron chi connectivity index (χ4n) is 2.25. The zero-order chi connectivity index (χ0) is 15.1. The molecule has 1 atom stereocenters. The second-order valence-corrected chi connectivity index (χ2v) is 5.66. The van der Waals surface area contributed by atoms with Gasteiger partial charge in [0.15, 0.2) is 0 Å². The van der Waals surface area contributed by atoms with Gasteiger partial charge in [0.1, 0.15) is 12.4 Å². The molecule has 1 N–H and O–H groups in total. The average molecular weight is 283 g/mol. The largest absolute Gasteiger partial charge is 0.492 e. The Morgan fingerprint density at radius 1 is 0.857 bits per heavy atom. The number of hydrogen-bond donors (Lipinski definition) is 1. The van der Waals surface area contributed by atoms with Gasteiger partial charge in [-0.05, 0) is 36.1 Å². The van der Waals surface area contributed by atoms with Crippen molar-refractivity contribution in [1.82, 2.24) is 5.32 Å². The smallest absolute Gasteiger partial charge is 0.119 e. The maximum Gasteiger partial charge on any atom is 0.119 e. The van der Waals surface area contributed by atoms with Gasteiger partial charge in [-0.25, -0.2) is 0 Å². The zero-order valence-corrected chi connectivity index (χ0v) is 13.2. The van der Waals surface area contributed by atoms with Crippen molar-refractivity contribution in [3.8, 4) is 5.75 Å². The first-order valence-corrected chi connectivity index (χ1v) is 7.68. The molecular formula is C19H25NO. The summed E-state index contributed by atoms with van der Waals surface area (Å²) in [6, 6.07) is 19.1. The highest BCUT2D eigenvalue weighted by Crippen LogP contribution is 2.18. The van der Waals surface area contributed by atoms with Crippen molar-refractivity contribution in [2.45, 2.75) is 32.7 Å². The van der Waals surface area contributed by atoms with Gasteiger partial charge in [0.25, 0.3) is 0 Å². The molecule has 21 heavy (non-hydrogen) atoms. The molecule has 0 heterocycles. The number of rotatable bonds is 7. The molecule has 0 amide bonds. The Labute approximate surface area is 128 Å². The van der Waals surface area contributed by atoms with Crippen LogP contribution in [-0.4, -0.2) is 13.2 Å². The van der Waals surface area contributed by atoms with Crippen LogP contribution in [0.25, 0.3) is 0 Å². The first kappa shape index (κ1) is 15.6. The molecule has 0 aliphatic carbocycles. The summed E-state index contributed by atoms with van der Waals surface area (Å²) >= 11 is 0. The SMILES string of the molecule is CC(C)c1ccc(C(C)NCCOc2ccccc2)cc1. The summed E-state index contributed by atoms with van der Waals surface area (Å²) in [4.78, 5) is 0. The van der Waals surface area contributed by atoms with E-state index in [0.717, 1.165) is 12.3 Å². The molecule has 0 bridgehead atoms. The number of nitrogens with one attached hydrogen (secondary N) is 1. The average Bonchev–Trinajstić information content (AvgIpc) is 2.52. The molecule has 0 radical (unpaired) electrons. The summed E-state index contributed by atoms with van der Waals surface area (Å²) in [6.07, 6.45) is 0. The van der Waals surface area contributed by atoms with E-state index < -0.39 is 0 Å². The highest BCUT2D eigenvalue weighted by atomic mass is 16.5. The van der Waals surface area contributed by atoms with Gasteiger partial charge in [-0.3, -0.25) is 0 Å². The van der Waals surface area contributed by atoms with Gasteiger partial charge in [0, 0.05) is 12.6 Å². The van der Waals surface area contributed by atoms with E-state index >= 15 is 0 Å². The topological polar surface area (TPSA) is 21.3 Å². The molecule has 2 aromatic carbocycles. The minimum Gasteiger partial charge on any atom is -0.492 e. The molecule has 2 rings (SSSR count). The van der Waals surface area contributed by atoms with Crippen molar-refractivity contribution in [1.29, 1.82) is 0 Å². The van der Waals surface area contributed by atoms with Gasteiger partial charge in [-0.15, -0.1) is 0 Å². The summed E-state index contributed by atoms with van der Waals surface area (Å²) in [5, 5.41) is 3.49. The quantitative estimate of drug-likeness (QED) is 0.753. The van der Waals surface area contributed by atoms with Crippen molar-refractivity contribution >= 4 is 0 Å². The molecule has 0 fully saturated rings. The van der Waals surface area contributed by atoms with Crippen LogP contribution in [0.2, 0.25) is 0 Å². The van der Waals surface area contributed by atoms with Gasteiger partial charge < -0.3 is 10.1 Å². The number of ether oxygens (including phenoxy) is 1. The molecule has 2 aromatic rings. The van der Waals surface area contributed by atoms with E-state index in [-0.39, 0.29) is 0 Å². The van der Waals surface area contributed by atoms with Crippen LogP contribution in [0.4, 0.5) is 0 Å². The number of benzene rings is 2. The molecule has 0 saturated heterocycles. The van der Waals surface area contributed by atoms with E-state index in [1.165, 1.54) is 11.1 Å². The van der Waals surface area contributed by atoms with E-state index in [0.29, 0.717) is 18.6 Å². The van der Waals surface area contributed by atoms with E-state index in [9.17, 15) is 0 Å². The molecule has 0 spiro atoms. The third-order valence-electron chi connectivity index (χ3n) is 3.67. The summed E-state index contributed by atoms with van der Waals surface area (Å²) in [5.41, 5.74) is 2.71. The van der Waals surface area contributed by atoms with Crippen LogP contribution in [0.1, 0.15) is 43.9 Å².